The van der Waals surface area contributed by atoms with Crippen molar-refractivity contribution in [2.24, 2.45) is 11.7 Å². The normalized spacial score (nSPS) is 20.6. The standard InChI is InChI=1S/C13H15N3O6/c14-12-3-1-2-11(12)13(17)22-7-8-4-9(15(18)19)6-10(5-8)16(20)21/h4-6,11-12H,1-3,7,14H2/t11-,12+/m1/s1. The average Bonchev–Trinajstić information content (AvgIpc) is 2.90. The highest BCUT2D eigenvalue weighted by Crippen LogP contribution is 2.27. The second-order valence-electron chi connectivity index (χ2n) is 5.18. The molecule has 9 nitrogen and oxygen atoms in total. The molecule has 0 amide bonds. The van der Waals surface area contributed by atoms with E-state index < -0.39 is 27.2 Å². The number of nitro groups is 2. The third kappa shape index (κ3) is 3.55. The maximum absolute atomic E-state index is 11.9. The van der Waals surface area contributed by atoms with Crippen molar-refractivity contribution in [1.29, 1.82) is 0 Å². The molecule has 1 aliphatic rings. The Morgan fingerprint density at radius 3 is 2.23 bits per heavy atom. The SMILES string of the molecule is N[C@H]1CCC[C@H]1C(=O)OCc1cc([N+](=O)[O-])cc([N+](=O)[O-])c1. The summed E-state index contributed by atoms with van der Waals surface area (Å²) in [4.78, 5) is 32.0. The van der Waals surface area contributed by atoms with Gasteiger partial charge in [-0.05, 0) is 12.8 Å². The summed E-state index contributed by atoms with van der Waals surface area (Å²) >= 11 is 0. The molecule has 0 aromatic heterocycles. The molecule has 22 heavy (non-hydrogen) atoms. The maximum Gasteiger partial charge on any atom is 0.310 e. The smallest absolute Gasteiger partial charge is 0.310 e. The molecule has 0 aliphatic heterocycles. The van der Waals surface area contributed by atoms with Crippen LogP contribution in [0.15, 0.2) is 18.2 Å². The van der Waals surface area contributed by atoms with E-state index in [1.54, 1.807) is 0 Å². The highest BCUT2D eigenvalue weighted by Gasteiger charge is 2.31. The number of hydrogen-bond donors (Lipinski definition) is 1. The summed E-state index contributed by atoms with van der Waals surface area (Å²) in [6.07, 6.45) is 2.25. The number of nitrogens with zero attached hydrogens (tertiary/aromatic N) is 2. The Morgan fingerprint density at radius 2 is 1.77 bits per heavy atom. The van der Waals surface area contributed by atoms with Crippen molar-refractivity contribution in [2.75, 3.05) is 0 Å². The van der Waals surface area contributed by atoms with E-state index in [2.05, 4.69) is 0 Å². The van der Waals surface area contributed by atoms with Crippen LogP contribution in [0.4, 0.5) is 11.4 Å². The van der Waals surface area contributed by atoms with Crippen molar-refractivity contribution >= 4 is 17.3 Å². The van der Waals surface area contributed by atoms with Gasteiger partial charge in [-0.15, -0.1) is 0 Å². The minimum Gasteiger partial charge on any atom is -0.461 e. The fourth-order valence-corrected chi connectivity index (χ4v) is 2.49. The molecule has 1 saturated carbocycles. The Balaban J connectivity index is 2.10. The molecule has 1 aliphatic carbocycles. The molecule has 0 spiro atoms. The largest absolute Gasteiger partial charge is 0.461 e. The third-order valence-electron chi connectivity index (χ3n) is 3.64. The van der Waals surface area contributed by atoms with E-state index in [0.717, 1.165) is 31.0 Å². The van der Waals surface area contributed by atoms with Crippen molar-refractivity contribution in [3.63, 3.8) is 0 Å². The van der Waals surface area contributed by atoms with Crippen LogP contribution < -0.4 is 5.73 Å². The van der Waals surface area contributed by atoms with Crippen LogP contribution in [0, 0.1) is 26.1 Å². The van der Waals surface area contributed by atoms with Gasteiger partial charge in [-0.1, -0.05) is 6.42 Å². The summed E-state index contributed by atoms with van der Waals surface area (Å²) in [6, 6.07) is 2.91. The maximum atomic E-state index is 11.9. The zero-order valence-corrected chi connectivity index (χ0v) is 11.6. The lowest BCUT2D eigenvalue weighted by Crippen LogP contribution is -2.31. The number of nitro benzene ring substituents is 2. The molecular weight excluding hydrogens is 294 g/mol. The minimum atomic E-state index is -0.731. The van der Waals surface area contributed by atoms with Crippen LogP contribution >= 0.6 is 0 Å². The molecule has 1 aromatic rings. The van der Waals surface area contributed by atoms with Crippen molar-refractivity contribution in [2.45, 2.75) is 31.9 Å². The molecule has 0 radical (unpaired) electrons. The van der Waals surface area contributed by atoms with Gasteiger partial charge in [-0.2, -0.15) is 0 Å². The van der Waals surface area contributed by atoms with E-state index in [9.17, 15) is 25.0 Å². The lowest BCUT2D eigenvalue weighted by Gasteiger charge is -2.14. The highest BCUT2D eigenvalue weighted by atomic mass is 16.6. The van der Waals surface area contributed by atoms with Crippen molar-refractivity contribution < 1.29 is 19.4 Å². The number of rotatable bonds is 5. The predicted octanol–water partition coefficient (Wildman–Crippen LogP) is 1.67. The molecule has 118 valence electrons. The van der Waals surface area contributed by atoms with E-state index in [-0.39, 0.29) is 24.1 Å². The number of non-ortho nitro benzene ring substituents is 2. The van der Waals surface area contributed by atoms with Crippen LogP contribution in [-0.2, 0) is 16.1 Å². The average molecular weight is 309 g/mol. The first-order valence-corrected chi connectivity index (χ1v) is 6.73. The summed E-state index contributed by atoms with van der Waals surface area (Å²) < 4.78 is 5.09. The summed E-state index contributed by atoms with van der Waals surface area (Å²) in [6.45, 7) is -0.259. The Bertz CT molecular complexity index is 586. The highest BCUT2D eigenvalue weighted by molar-refractivity contribution is 5.73. The van der Waals surface area contributed by atoms with E-state index in [0.29, 0.717) is 6.42 Å². The predicted molar refractivity (Wildman–Crippen MR) is 74.9 cm³/mol. The molecule has 0 heterocycles. The molecule has 1 fully saturated rings. The number of carbonyl (C=O) groups is 1. The quantitative estimate of drug-likeness (QED) is 0.495. The summed E-state index contributed by atoms with van der Waals surface area (Å²) in [7, 11) is 0. The lowest BCUT2D eigenvalue weighted by molar-refractivity contribution is -0.394. The van der Waals surface area contributed by atoms with Gasteiger partial charge in [0, 0.05) is 23.7 Å². The number of hydrogen-bond acceptors (Lipinski definition) is 7. The number of benzene rings is 1. The topological polar surface area (TPSA) is 139 Å². The molecule has 0 bridgehead atoms. The lowest BCUT2D eigenvalue weighted by atomic mass is 10.1. The zero-order chi connectivity index (χ0) is 16.3. The van der Waals surface area contributed by atoms with Gasteiger partial charge in [0.15, 0.2) is 0 Å². The van der Waals surface area contributed by atoms with Gasteiger partial charge < -0.3 is 10.5 Å². The van der Waals surface area contributed by atoms with Gasteiger partial charge >= 0.3 is 5.97 Å². The van der Waals surface area contributed by atoms with Gasteiger partial charge in [-0.25, -0.2) is 0 Å². The second-order valence-corrected chi connectivity index (χ2v) is 5.18. The van der Waals surface area contributed by atoms with E-state index in [1.807, 2.05) is 0 Å². The molecular formula is C13H15N3O6. The van der Waals surface area contributed by atoms with Gasteiger partial charge in [0.25, 0.3) is 11.4 Å². The molecule has 1 aromatic carbocycles. The first kappa shape index (κ1) is 15.8. The van der Waals surface area contributed by atoms with Crippen LogP contribution in [0.25, 0.3) is 0 Å². The second kappa shape index (κ2) is 6.48. The van der Waals surface area contributed by atoms with Gasteiger partial charge in [0.2, 0.25) is 0 Å². The van der Waals surface area contributed by atoms with Crippen LogP contribution in [0.5, 0.6) is 0 Å². The summed E-state index contributed by atoms with van der Waals surface area (Å²) in [5.41, 5.74) is 5.15. The molecule has 9 heteroatoms. The van der Waals surface area contributed by atoms with Crippen LogP contribution in [0.2, 0.25) is 0 Å². The molecule has 2 N–H and O–H groups in total. The van der Waals surface area contributed by atoms with Gasteiger partial charge in [-0.3, -0.25) is 25.0 Å². The van der Waals surface area contributed by atoms with E-state index in [4.69, 9.17) is 10.5 Å². The summed E-state index contributed by atoms with van der Waals surface area (Å²) in [5.74, 6) is -0.854. The van der Waals surface area contributed by atoms with Crippen molar-refractivity contribution in [1.82, 2.24) is 0 Å². The van der Waals surface area contributed by atoms with Gasteiger partial charge in [0.05, 0.1) is 21.8 Å². The number of carbonyl (C=O) groups excluding carboxylic acids is 1. The monoisotopic (exact) mass is 309 g/mol. The van der Waals surface area contributed by atoms with Crippen molar-refractivity contribution in [3.8, 4) is 0 Å². The van der Waals surface area contributed by atoms with Crippen LogP contribution in [-0.4, -0.2) is 21.9 Å². The molecule has 2 rings (SSSR count). The fraction of sp³-hybridized carbons (Fsp3) is 0.462. The number of nitrogens with two attached hydrogens (primary N) is 1. The Kier molecular flexibility index (Phi) is 4.66. The Morgan fingerprint density at radius 1 is 1.18 bits per heavy atom. The van der Waals surface area contributed by atoms with Gasteiger partial charge in [0.1, 0.15) is 6.61 Å². The number of ether oxygens (including phenoxy) is 1. The molecule has 0 unspecified atom stereocenters. The van der Waals surface area contributed by atoms with Crippen LogP contribution in [0.3, 0.4) is 0 Å². The number of esters is 1. The minimum absolute atomic E-state index is 0.195. The van der Waals surface area contributed by atoms with Crippen molar-refractivity contribution in [3.05, 3.63) is 44.0 Å². The zero-order valence-electron chi connectivity index (χ0n) is 11.6. The van der Waals surface area contributed by atoms with E-state index >= 15 is 0 Å². The molecule has 2 atom stereocenters. The first-order valence-electron chi connectivity index (χ1n) is 6.73. The third-order valence-corrected chi connectivity index (χ3v) is 3.64. The Labute approximate surface area is 125 Å². The molecule has 0 saturated heterocycles. The fourth-order valence-electron chi connectivity index (χ4n) is 2.49. The summed E-state index contributed by atoms with van der Waals surface area (Å²) in [5, 5.41) is 21.6. The first-order chi connectivity index (χ1) is 10.4. The Hall–Kier alpha value is -2.55. The van der Waals surface area contributed by atoms with E-state index in [1.165, 1.54) is 0 Å². The van der Waals surface area contributed by atoms with Crippen LogP contribution in [0.1, 0.15) is 24.8 Å².